The summed E-state index contributed by atoms with van der Waals surface area (Å²) >= 11 is 1.55. The van der Waals surface area contributed by atoms with Gasteiger partial charge in [-0.3, -0.25) is 10.1 Å². The highest BCUT2D eigenvalue weighted by molar-refractivity contribution is 7.89. The van der Waals surface area contributed by atoms with Crippen molar-refractivity contribution in [2.24, 2.45) is 5.14 Å². The fourth-order valence-electron chi connectivity index (χ4n) is 2.90. The van der Waals surface area contributed by atoms with Crippen molar-refractivity contribution in [2.75, 3.05) is 18.0 Å². The summed E-state index contributed by atoms with van der Waals surface area (Å²) in [7, 11) is -4.11. The van der Waals surface area contributed by atoms with Crippen molar-refractivity contribution >= 4 is 32.7 Å². The summed E-state index contributed by atoms with van der Waals surface area (Å²) in [6.07, 6.45) is -0.347. The molecule has 8 nitrogen and oxygen atoms in total. The zero-order valence-electron chi connectivity index (χ0n) is 13.4. The minimum absolute atomic E-state index is 0.137. The maximum Gasteiger partial charge on any atom is 0.270 e. The smallest absolute Gasteiger partial charge is 0.270 e. The molecule has 2 unspecified atom stereocenters. The molecule has 0 aliphatic carbocycles. The number of anilines is 1. The molecule has 3 rings (SSSR count). The number of thiophene rings is 1. The molecule has 0 bridgehead atoms. The summed E-state index contributed by atoms with van der Waals surface area (Å²) in [6.45, 7) is 2.79. The van der Waals surface area contributed by atoms with Gasteiger partial charge in [-0.15, -0.1) is 0 Å². The fraction of sp³-hybridized carbons (Fsp3) is 0.333. The predicted molar refractivity (Wildman–Crippen MR) is 94.3 cm³/mol. The number of nitrogens with two attached hydrogens (primary N) is 1. The molecule has 0 saturated carbocycles. The van der Waals surface area contributed by atoms with Gasteiger partial charge in [-0.05, 0) is 35.4 Å². The summed E-state index contributed by atoms with van der Waals surface area (Å²) in [5.74, 6) is 0. The van der Waals surface area contributed by atoms with Crippen LogP contribution in [-0.2, 0) is 14.8 Å². The normalized spacial score (nSPS) is 21.3. The number of nitrogens with zero attached hydrogens (tertiary/aromatic N) is 2. The molecule has 2 atom stereocenters. The number of non-ortho nitro benzene ring substituents is 1. The first kappa shape index (κ1) is 17.8. The van der Waals surface area contributed by atoms with Gasteiger partial charge in [0.25, 0.3) is 5.69 Å². The third kappa shape index (κ3) is 3.82. The number of ether oxygens (including phenoxy) is 1. The van der Waals surface area contributed by atoms with Crippen LogP contribution in [0.5, 0.6) is 0 Å². The van der Waals surface area contributed by atoms with Crippen LogP contribution in [0.15, 0.2) is 39.9 Å². The molecule has 25 heavy (non-hydrogen) atoms. The lowest BCUT2D eigenvalue weighted by molar-refractivity contribution is -0.385. The van der Waals surface area contributed by atoms with E-state index >= 15 is 0 Å². The summed E-state index contributed by atoms with van der Waals surface area (Å²) < 4.78 is 29.9. The van der Waals surface area contributed by atoms with Gasteiger partial charge >= 0.3 is 0 Å². The Hall–Kier alpha value is -2.01. The molecule has 1 fully saturated rings. The summed E-state index contributed by atoms with van der Waals surface area (Å²) in [6, 6.07) is 5.68. The Kier molecular flexibility index (Phi) is 4.78. The minimum atomic E-state index is -4.11. The maximum absolute atomic E-state index is 12.0. The molecule has 2 heterocycles. The summed E-state index contributed by atoms with van der Waals surface area (Å²) in [4.78, 5) is 11.9. The van der Waals surface area contributed by atoms with Crippen LogP contribution >= 0.6 is 11.3 Å². The van der Waals surface area contributed by atoms with Crippen LogP contribution in [0.1, 0.15) is 18.6 Å². The van der Waals surface area contributed by atoms with Crippen LogP contribution in [0, 0.1) is 10.1 Å². The monoisotopic (exact) mass is 383 g/mol. The molecule has 1 aliphatic rings. The highest BCUT2D eigenvalue weighted by atomic mass is 32.2. The largest absolute Gasteiger partial charge is 0.367 e. The Morgan fingerprint density at radius 3 is 2.72 bits per heavy atom. The zero-order valence-corrected chi connectivity index (χ0v) is 15.0. The zero-order chi connectivity index (χ0) is 18.2. The lowest BCUT2D eigenvalue weighted by Crippen LogP contribution is -2.43. The van der Waals surface area contributed by atoms with Gasteiger partial charge in [0.2, 0.25) is 10.0 Å². The predicted octanol–water partition coefficient (Wildman–Crippen LogP) is 2.27. The van der Waals surface area contributed by atoms with E-state index in [0.29, 0.717) is 18.8 Å². The maximum atomic E-state index is 12.0. The second-order valence-corrected chi connectivity index (χ2v) is 8.16. The van der Waals surface area contributed by atoms with E-state index in [1.165, 1.54) is 12.1 Å². The minimum Gasteiger partial charge on any atom is -0.367 e. The van der Waals surface area contributed by atoms with Crippen molar-refractivity contribution in [1.29, 1.82) is 0 Å². The first-order chi connectivity index (χ1) is 11.8. The highest BCUT2D eigenvalue weighted by Crippen LogP contribution is 2.34. The summed E-state index contributed by atoms with van der Waals surface area (Å²) in [5.41, 5.74) is 1.05. The van der Waals surface area contributed by atoms with Crippen molar-refractivity contribution in [1.82, 2.24) is 0 Å². The molecule has 1 aromatic heterocycles. The van der Waals surface area contributed by atoms with Gasteiger partial charge in [-0.1, -0.05) is 0 Å². The number of benzene rings is 1. The van der Waals surface area contributed by atoms with Gasteiger partial charge in [0.05, 0.1) is 16.7 Å². The van der Waals surface area contributed by atoms with E-state index in [1.807, 2.05) is 28.7 Å². The second-order valence-electron chi connectivity index (χ2n) is 5.85. The first-order valence-electron chi connectivity index (χ1n) is 7.49. The Morgan fingerprint density at radius 1 is 1.36 bits per heavy atom. The molecule has 0 amide bonds. The molecule has 2 N–H and O–H groups in total. The number of hydrogen-bond acceptors (Lipinski definition) is 7. The van der Waals surface area contributed by atoms with E-state index in [-0.39, 0.29) is 22.8 Å². The molecular formula is C15H17N3O5S2. The van der Waals surface area contributed by atoms with Crippen molar-refractivity contribution in [3.63, 3.8) is 0 Å². The lowest BCUT2D eigenvalue weighted by Gasteiger charge is -2.38. The van der Waals surface area contributed by atoms with E-state index in [0.717, 1.165) is 11.6 Å². The molecular weight excluding hydrogens is 366 g/mol. The van der Waals surface area contributed by atoms with E-state index in [1.54, 1.807) is 11.3 Å². The van der Waals surface area contributed by atoms with Gasteiger partial charge in [0.15, 0.2) is 0 Å². The number of hydrogen-bond donors (Lipinski definition) is 1. The van der Waals surface area contributed by atoms with Gasteiger partial charge < -0.3 is 9.64 Å². The topological polar surface area (TPSA) is 116 Å². The molecule has 0 radical (unpaired) electrons. The number of primary sulfonamides is 1. The Labute approximate surface area is 149 Å². The molecule has 1 aliphatic heterocycles. The van der Waals surface area contributed by atoms with Crippen molar-refractivity contribution in [3.05, 3.63) is 50.7 Å². The third-order valence-electron chi connectivity index (χ3n) is 3.98. The molecule has 0 spiro atoms. The second kappa shape index (κ2) is 6.71. The highest BCUT2D eigenvalue weighted by Gasteiger charge is 2.30. The van der Waals surface area contributed by atoms with E-state index in [4.69, 9.17) is 9.88 Å². The average molecular weight is 383 g/mol. The third-order valence-corrected chi connectivity index (χ3v) is 5.62. The quantitative estimate of drug-likeness (QED) is 0.639. The summed E-state index contributed by atoms with van der Waals surface area (Å²) in [5, 5.41) is 20.2. The van der Waals surface area contributed by atoms with Gasteiger partial charge in [-0.25, -0.2) is 13.6 Å². The molecule has 10 heteroatoms. The fourth-order valence-corrected chi connectivity index (χ4v) is 4.37. The van der Waals surface area contributed by atoms with Crippen LogP contribution in [-0.4, -0.2) is 32.5 Å². The van der Waals surface area contributed by atoms with Crippen molar-refractivity contribution < 1.29 is 18.1 Å². The van der Waals surface area contributed by atoms with Crippen LogP contribution in [0.4, 0.5) is 11.4 Å². The lowest BCUT2D eigenvalue weighted by atomic mass is 10.1. The Bertz CT molecular complexity index is 883. The Balaban J connectivity index is 2.01. The van der Waals surface area contributed by atoms with E-state index < -0.39 is 14.9 Å². The van der Waals surface area contributed by atoms with Gasteiger partial charge in [0.1, 0.15) is 11.0 Å². The standard InChI is InChI=1S/C15H17N3O5S2/c1-10-7-17(8-14(23-10)11-4-5-24-9-11)13-3-2-12(18(19)20)6-15(13)25(16,21)22/h2-6,9-10,14H,7-8H2,1H3,(H2,16,21,22). The Morgan fingerprint density at radius 2 is 2.12 bits per heavy atom. The van der Waals surface area contributed by atoms with Crippen LogP contribution in [0.25, 0.3) is 0 Å². The molecule has 1 aromatic carbocycles. The van der Waals surface area contributed by atoms with E-state index in [9.17, 15) is 18.5 Å². The molecule has 134 valence electrons. The average Bonchev–Trinajstić information content (AvgIpc) is 3.07. The van der Waals surface area contributed by atoms with Crippen LogP contribution in [0.2, 0.25) is 0 Å². The van der Waals surface area contributed by atoms with Gasteiger partial charge in [0, 0.05) is 25.2 Å². The number of sulfonamides is 1. The molecule has 1 saturated heterocycles. The first-order valence-corrected chi connectivity index (χ1v) is 9.98. The number of nitro benzene ring substituents is 1. The number of morpholine rings is 1. The number of rotatable bonds is 4. The van der Waals surface area contributed by atoms with E-state index in [2.05, 4.69) is 0 Å². The van der Waals surface area contributed by atoms with Gasteiger partial charge in [-0.2, -0.15) is 11.3 Å². The number of nitro groups is 1. The van der Waals surface area contributed by atoms with Crippen molar-refractivity contribution in [2.45, 2.75) is 24.0 Å². The van der Waals surface area contributed by atoms with Crippen molar-refractivity contribution in [3.8, 4) is 0 Å². The SMILES string of the molecule is CC1CN(c2ccc([N+](=O)[O-])cc2S(N)(=O)=O)CC(c2ccsc2)O1. The van der Waals surface area contributed by atoms with Crippen LogP contribution in [0.3, 0.4) is 0 Å². The molecule has 2 aromatic rings. The van der Waals surface area contributed by atoms with Crippen LogP contribution < -0.4 is 10.0 Å².